The van der Waals surface area contributed by atoms with Gasteiger partial charge in [-0.05, 0) is 70.2 Å². The molecule has 2 fully saturated rings. The van der Waals surface area contributed by atoms with Crippen LogP contribution in [0.2, 0.25) is 0 Å². The van der Waals surface area contributed by atoms with Gasteiger partial charge < -0.3 is 35.6 Å². The summed E-state index contributed by atoms with van der Waals surface area (Å²) in [5.41, 5.74) is 0.512. The SMILES string of the molecule is CC(C)(C)NC(=O)[C@@H]1CSCN1C(=O)[C@@H](O)[C@H](Cc1ccccc1)NC(=O)[C@H](CS(C)(=O)=O)NC(=O)COc1cccc(C(=O)N2CCCCC2)c1. The number of carbonyl (C=O) groups excluding carboxylic acids is 5. The van der Waals surface area contributed by atoms with E-state index in [0.29, 0.717) is 30.0 Å². The first-order valence-electron chi connectivity index (χ1n) is 17.2. The summed E-state index contributed by atoms with van der Waals surface area (Å²) in [4.78, 5) is 69.5. The molecular formula is C36H49N5O9S2. The van der Waals surface area contributed by atoms with Crippen molar-refractivity contribution in [3.63, 3.8) is 0 Å². The molecule has 0 bridgehead atoms. The third-order valence-electron chi connectivity index (χ3n) is 8.44. The number of piperidine rings is 1. The smallest absolute Gasteiger partial charge is 0.258 e. The second-order valence-corrected chi connectivity index (χ2v) is 17.4. The van der Waals surface area contributed by atoms with E-state index >= 15 is 0 Å². The predicted octanol–water partition coefficient (Wildman–Crippen LogP) is 1.13. The Bertz CT molecular complexity index is 1690. The molecule has 0 aromatic heterocycles. The molecule has 4 atom stereocenters. The van der Waals surface area contributed by atoms with Crippen LogP contribution < -0.4 is 20.7 Å². The maximum absolute atomic E-state index is 13.7. The zero-order valence-corrected chi connectivity index (χ0v) is 31.6. The number of sulfone groups is 1. The minimum atomic E-state index is -3.83. The van der Waals surface area contributed by atoms with Gasteiger partial charge in [-0.3, -0.25) is 24.0 Å². The van der Waals surface area contributed by atoms with Crippen molar-refractivity contribution >= 4 is 51.1 Å². The summed E-state index contributed by atoms with van der Waals surface area (Å²) in [7, 11) is -3.83. The number of likely N-dealkylation sites (tertiary alicyclic amines) is 1. The van der Waals surface area contributed by atoms with Crippen LogP contribution in [0.1, 0.15) is 56.0 Å². The monoisotopic (exact) mass is 759 g/mol. The van der Waals surface area contributed by atoms with Gasteiger partial charge in [0.1, 0.15) is 27.7 Å². The van der Waals surface area contributed by atoms with Gasteiger partial charge in [-0.25, -0.2) is 8.42 Å². The highest BCUT2D eigenvalue weighted by Crippen LogP contribution is 2.24. The first-order valence-corrected chi connectivity index (χ1v) is 20.4. The molecule has 2 aromatic rings. The average molecular weight is 760 g/mol. The molecule has 2 heterocycles. The number of ether oxygens (including phenoxy) is 1. The van der Waals surface area contributed by atoms with Gasteiger partial charge in [0.15, 0.2) is 12.7 Å². The van der Waals surface area contributed by atoms with Crippen molar-refractivity contribution in [1.82, 2.24) is 25.8 Å². The van der Waals surface area contributed by atoms with Crippen molar-refractivity contribution in [3.8, 4) is 5.75 Å². The number of aliphatic hydroxyl groups excluding tert-OH is 1. The number of carbonyl (C=O) groups is 5. The molecule has 2 aliphatic heterocycles. The standard InChI is InChI=1S/C36H49N5O9S2/c1-36(2,3)39-33(45)29-21-51-23-41(29)35(47)31(43)27(18-24-12-7-5-8-13-24)38-32(44)28(22-52(4,48)49)37-30(42)20-50-26-15-11-14-25(19-26)34(46)40-16-9-6-10-17-40/h5,7-8,11-15,19,27-29,31,43H,6,9-10,16-18,20-23H2,1-4H3,(H,37,42)(H,38,44)(H,39,45)/t27-,28-,29-,31-/m0/s1. The van der Waals surface area contributed by atoms with Crippen molar-refractivity contribution in [2.24, 2.45) is 0 Å². The molecule has 5 amide bonds. The summed E-state index contributed by atoms with van der Waals surface area (Å²) in [6, 6.07) is 11.4. The maximum atomic E-state index is 13.7. The van der Waals surface area contributed by atoms with E-state index in [1.54, 1.807) is 53.4 Å². The number of hydrogen-bond acceptors (Lipinski definition) is 10. The van der Waals surface area contributed by atoms with Crippen LogP contribution in [0.3, 0.4) is 0 Å². The zero-order chi connectivity index (χ0) is 38.1. The first kappa shape index (κ1) is 40.6. The second-order valence-electron chi connectivity index (χ2n) is 14.2. The molecule has 2 saturated heterocycles. The van der Waals surface area contributed by atoms with E-state index in [0.717, 1.165) is 25.5 Å². The van der Waals surface area contributed by atoms with E-state index in [-0.39, 0.29) is 29.9 Å². The van der Waals surface area contributed by atoms with Crippen molar-refractivity contribution < 1.29 is 42.2 Å². The lowest BCUT2D eigenvalue weighted by molar-refractivity contribution is -0.147. The molecule has 4 N–H and O–H groups in total. The molecule has 284 valence electrons. The minimum absolute atomic E-state index is 0.0194. The molecular weight excluding hydrogens is 711 g/mol. The Balaban J connectivity index is 1.47. The van der Waals surface area contributed by atoms with E-state index < -0.39 is 69.7 Å². The number of thioether (sulfide) groups is 1. The molecule has 0 radical (unpaired) electrons. The van der Waals surface area contributed by atoms with Crippen LogP contribution in [0.15, 0.2) is 54.6 Å². The first-order chi connectivity index (χ1) is 24.5. The molecule has 0 spiro atoms. The molecule has 2 aromatic carbocycles. The summed E-state index contributed by atoms with van der Waals surface area (Å²) < 4.78 is 30.4. The largest absolute Gasteiger partial charge is 0.484 e. The summed E-state index contributed by atoms with van der Waals surface area (Å²) in [6.07, 6.45) is 2.01. The highest BCUT2D eigenvalue weighted by Gasteiger charge is 2.41. The van der Waals surface area contributed by atoms with Crippen molar-refractivity contribution in [2.45, 2.75) is 76.2 Å². The van der Waals surface area contributed by atoms with Crippen LogP contribution in [-0.2, 0) is 35.4 Å². The quantitative estimate of drug-likeness (QED) is 0.217. The highest BCUT2D eigenvalue weighted by atomic mass is 32.2. The van der Waals surface area contributed by atoms with E-state index in [1.165, 1.54) is 22.7 Å². The van der Waals surface area contributed by atoms with Crippen LogP contribution in [0.4, 0.5) is 0 Å². The van der Waals surface area contributed by atoms with Crippen molar-refractivity contribution in [2.75, 3.05) is 43.3 Å². The van der Waals surface area contributed by atoms with Crippen molar-refractivity contribution in [1.29, 1.82) is 0 Å². The van der Waals surface area contributed by atoms with E-state index in [1.807, 2.05) is 20.8 Å². The van der Waals surface area contributed by atoms with Crippen LogP contribution in [0.25, 0.3) is 0 Å². The Morgan fingerprint density at radius 1 is 0.981 bits per heavy atom. The lowest BCUT2D eigenvalue weighted by Crippen LogP contribution is -2.60. The van der Waals surface area contributed by atoms with Gasteiger partial charge in [0.25, 0.3) is 17.7 Å². The summed E-state index contributed by atoms with van der Waals surface area (Å²) >= 11 is 1.35. The normalized spacial score (nSPS) is 18.1. The van der Waals surface area contributed by atoms with Gasteiger partial charge in [0.2, 0.25) is 11.8 Å². The van der Waals surface area contributed by atoms with Gasteiger partial charge in [-0.2, -0.15) is 0 Å². The van der Waals surface area contributed by atoms with Gasteiger partial charge >= 0.3 is 0 Å². The Morgan fingerprint density at radius 2 is 1.67 bits per heavy atom. The molecule has 14 nitrogen and oxygen atoms in total. The second kappa shape index (κ2) is 18.1. The summed E-state index contributed by atoms with van der Waals surface area (Å²) in [5.74, 6) is -3.12. The lowest BCUT2D eigenvalue weighted by atomic mass is 9.99. The van der Waals surface area contributed by atoms with E-state index in [9.17, 15) is 37.5 Å². The zero-order valence-electron chi connectivity index (χ0n) is 30.0. The molecule has 0 unspecified atom stereocenters. The Kier molecular flexibility index (Phi) is 14.1. The van der Waals surface area contributed by atoms with Crippen LogP contribution >= 0.6 is 11.8 Å². The van der Waals surface area contributed by atoms with Crippen LogP contribution in [0.5, 0.6) is 5.75 Å². The lowest BCUT2D eigenvalue weighted by Gasteiger charge is -2.32. The number of nitrogens with one attached hydrogen (secondary N) is 3. The molecule has 0 aliphatic carbocycles. The topological polar surface area (TPSA) is 192 Å². The number of benzene rings is 2. The molecule has 0 saturated carbocycles. The number of nitrogens with zero attached hydrogens (tertiary/aromatic N) is 2. The fraction of sp³-hybridized carbons (Fsp3) is 0.528. The Morgan fingerprint density at radius 3 is 2.33 bits per heavy atom. The Hall–Kier alpha value is -4.15. The molecule has 4 rings (SSSR count). The number of rotatable bonds is 14. The van der Waals surface area contributed by atoms with E-state index in [4.69, 9.17) is 4.74 Å². The van der Waals surface area contributed by atoms with Crippen molar-refractivity contribution in [3.05, 3.63) is 65.7 Å². The molecule has 2 aliphatic rings. The van der Waals surface area contributed by atoms with Gasteiger partial charge in [-0.1, -0.05) is 36.4 Å². The Labute approximate surface area is 309 Å². The maximum Gasteiger partial charge on any atom is 0.258 e. The third kappa shape index (κ3) is 12.2. The fourth-order valence-electron chi connectivity index (χ4n) is 5.93. The van der Waals surface area contributed by atoms with Crippen LogP contribution in [0, 0.1) is 0 Å². The third-order valence-corrected chi connectivity index (χ3v) is 10.4. The van der Waals surface area contributed by atoms with Gasteiger partial charge in [0.05, 0.1) is 17.7 Å². The van der Waals surface area contributed by atoms with Gasteiger partial charge in [0, 0.05) is 36.2 Å². The minimum Gasteiger partial charge on any atom is -0.484 e. The average Bonchev–Trinajstić information content (AvgIpc) is 3.59. The van der Waals surface area contributed by atoms with Gasteiger partial charge in [-0.15, -0.1) is 11.8 Å². The molecule has 52 heavy (non-hydrogen) atoms. The van der Waals surface area contributed by atoms with E-state index in [2.05, 4.69) is 16.0 Å². The molecule has 16 heteroatoms. The number of aliphatic hydroxyl groups is 1. The number of hydrogen-bond donors (Lipinski definition) is 4. The highest BCUT2D eigenvalue weighted by molar-refractivity contribution is 7.99. The fourth-order valence-corrected chi connectivity index (χ4v) is 7.94. The summed E-state index contributed by atoms with van der Waals surface area (Å²) in [5, 5.41) is 19.3. The summed E-state index contributed by atoms with van der Waals surface area (Å²) in [6.45, 7) is 6.18. The van der Waals surface area contributed by atoms with Crippen LogP contribution in [-0.4, -0.2) is 126 Å². The predicted molar refractivity (Wildman–Crippen MR) is 197 cm³/mol. The number of amides is 5.